The van der Waals surface area contributed by atoms with Crippen LogP contribution in [0.25, 0.3) is 10.9 Å². The summed E-state index contributed by atoms with van der Waals surface area (Å²) in [6.45, 7) is 9.72. The van der Waals surface area contributed by atoms with E-state index in [9.17, 15) is 9.59 Å². The van der Waals surface area contributed by atoms with Crippen molar-refractivity contribution in [3.63, 3.8) is 0 Å². The maximum absolute atomic E-state index is 12.4. The van der Waals surface area contributed by atoms with Crippen molar-refractivity contribution in [2.45, 2.75) is 39.3 Å². The highest BCUT2D eigenvalue weighted by molar-refractivity contribution is 6.05. The van der Waals surface area contributed by atoms with Crippen LogP contribution in [-0.4, -0.2) is 59.9 Å². The molecule has 0 aliphatic carbocycles. The third-order valence-corrected chi connectivity index (χ3v) is 5.00. The number of carbonyl (C=O) groups excluding carboxylic acids is 2. The van der Waals surface area contributed by atoms with Gasteiger partial charge in [0.2, 0.25) is 0 Å². The Balaban J connectivity index is 1.78. The van der Waals surface area contributed by atoms with Gasteiger partial charge in [0.15, 0.2) is 0 Å². The third-order valence-electron chi connectivity index (χ3n) is 5.00. The number of anilines is 1. The van der Waals surface area contributed by atoms with Gasteiger partial charge in [0.25, 0.3) is 0 Å². The molecule has 2 aromatic rings. The number of benzene rings is 1. The summed E-state index contributed by atoms with van der Waals surface area (Å²) in [4.78, 5) is 28.4. The Kier molecular flexibility index (Phi) is 5.28. The third kappa shape index (κ3) is 3.93. The van der Waals surface area contributed by atoms with Crippen molar-refractivity contribution in [2.24, 2.45) is 7.05 Å². The topological polar surface area (TPSA) is 64.0 Å². The molecular formula is C21H29N3O4. The van der Waals surface area contributed by atoms with Crippen molar-refractivity contribution < 1.29 is 19.1 Å². The molecule has 0 radical (unpaired) electrons. The van der Waals surface area contributed by atoms with Crippen molar-refractivity contribution in [3.05, 3.63) is 30.0 Å². The molecule has 1 aliphatic rings. The first-order valence-electron chi connectivity index (χ1n) is 9.52. The van der Waals surface area contributed by atoms with Gasteiger partial charge in [-0.3, -0.25) is 0 Å². The second-order valence-electron chi connectivity index (χ2n) is 8.32. The van der Waals surface area contributed by atoms with E-state index in [-0.39, 0.29) is 18.1 Å². The number of hydrogen-bond donors (Lipinski definition) is 0. The van der Waals surface area contributed by atoms with Crippen molar-refractivity contribution in [1.29, 1.82) is 0 Å². The lowest BCUT2D eigenvalue weighted by molar-refractivity contribution is 0.0159. The maximum atomic E-state index is 12.4. The Hall–Kier alpha value is -2.70. The highest BCUT2D eigenvalue weighted by Crippen LogP contribution is 2.28. The highest BCUT2D eigenvalue weighted by Gasteiger charge is 2.31. The number of fused-ring (bicyclic) bond motifs is 1. The van der Waals surface area contributed by atoms with Gasteiger partial charge in [-0.25, -0.2) is 9.59 Å². The molecule has 1 saturated heterocycles. The van der Waals surface area contributed by atoms with E-state index in [1.165, 1.54) is 7.11 Å². The Morgan fingerprint density at radius 1 is 1.18 bits per heavy atom. The summed E-state index contributed by atoms with van der Waals surface area (Å²) in [5, 5.41) is 0.874. The first kappa shape index (κ1) is 20.0. The number of hydrogen-bond acceptors (Lipinski definition) is 5. The number of nitrogens with zero attached hydrogens (tertiary/aromatic N) is 3. The van der Waals surface area contributed by atoms with Crippen LogP contribution < -0.4 is 4.90 Å². The Bertz CT molecular complexity index is 897. The van der Waals surface area contributed by atoms with Crippen LogP contribution in [0.4, 0.5) is 10.5 Å². The lowest BCUT2D eigenvalue weighted by Gasteiger charge is -2.41. The molecule has 1 fully saturated rings. The van der Waals surface area contributed by atoms with Gasteiger partial charge in [-0.2, -0.15) is 0 Å². The number of aryl methyl sites for hydroxylation is 1. The summed E-state index contributed by atoms with van der Waals surface area (Å²) >= 11 is 0. The van der Waals surface area contributed by atoms with Crippen molar-refractivity contribution in [2.75, 3.05) is 31.6 Å². The zero-order valence-corrected chi connectivity index (χ0v) is 17.5. The lowest BCUT2D eigenvalue weighted by Crippen LogP contribution is -2.55. The Morgan fingerprint density at radius 3 is 2.50 bits per heavy atom. The van der Waals surface area contributed by atoms with E-state index in [0.717, 1.165) is 29.7 Å². The molecule has 7 nitrogen and oxygen atoms in total. The minimum absolute atomic E-state index is 0.0401. The van der Waals surface area contributed by atoms with E-state index < -0.39 is 5.60 Å². The second kappa shape index (κ2) is 7.37. The quantitative estimate of drug-likeness (QED) is 0.739. The number of aromatic nitrogens is 1. The first-order valence-corrected chi connectivity index (χ1v) is 9.52. The number of amides is 1. The van der Waals surface area contributed by atoms with Crippen LogP contribution in [0.15, 0.2) is 24.4 Å². The molecule has 152 valence electrons. The number of ether oxygens (including phenoxy) is 2. The van der Waals surface area contributed by atoms with E-state index in [0.29, 0.717) is 12.1 Å². The van der Waals surface area contributed by atoms with E-state index in [1.807, 2.05) is 51.4 Å². The maximum Gasteiger partial charge on any atom is 0.410 e. The van der Waals surface area contributed by atoms with Gasteiger partial charge >= 0.3 is 12.1 Å². The molecule has 7 heteroatoms. The molecule has 0 spiro atoms. The van der Waals surface area contributed by atoms with Crippen LogP contribution >= 0.6 is 0 Å². The van der Waals surface area contributed by atoms with E-state index >= 15 is 0 Å². The molecule has 1 aromatic heterocycles. The van der Waals surface area contributed by atoms with Gasteiger partial charge < -0.3 is 23.8 Å². The van der Waals surface area contributed by atoms with Gasteiger partial charge in [-0.1, -0.05) is 0 Å². The summed E-state index contributed by atoms with van der Waals surface area (Å²) in [5.41, 5.74) is 2.11. The fourth-order valence-electron chi connectivity index (χ4n) is 3.63. The van der Waals surface area contributed by atoms with Crippen LogP contribution in [0.3, 0.4) is 0 Å². The highest BCUT2D eigenvalue weighted by atomic mass is 16.6. The lowest BCUT2D eigenvalue weighted by atomic mass is 10.1. The Morgan fingerprint density at radius 2 is 1.89 bits per heavy atom. The van der Waals surface area contributed by atoms with Gasteiger partial charge in [0, 0.05) is 50.0 Å². The van der Waals surface area contributed by atoms with E-state index in [2.05, 4.69) is 11.0 Å². The molecular weight excluding hydrogens is 358 g/mol. The molecule has 0 N–H and O–H groups in total. The fourth-order valence-corrected chi connectivity index (χ4v) is 3.63. The van der Waals surface area contributed by atoms with Crippen LogP contribution in [0, 0.1) is 0 Å². The molecule has 0 unspecified atom stereocenters. The van der Waals surface area contributed by atoms with Crippen LogP contribution in [0.1, 0.15) is 38.1 Å². The van der Waals surface area contributed by atoms with Crippen molar-refractivity contribution in [3.8, 4) is 0 Å². The zero-order chi connectivity index (χ0) is 20.6. The molecule has 28 heavy (non-hydrogen) atoms. The molecule has 0 bridgehead atoms. The number of esters is 1. The fraction of sp³-hybridized carbons (Fsp3) is 0.524. The van der Waals surface area contributed by atoms with Crippen molar-refractivity contribution >= 4 is 28.7 Å². The average molecular weight is 387 g/mol. The number of rotatable bonds is 2. The van der Waals surface area contributed by atoms with Gasteiger partial charge in [-0.15, -0.1) is 0 Å². The molecule has 1 atom stereocenters. The number of methoxy groups -OCH3 is 1. The summed E-state index contributed by atoms with van der Waals surface area (Å²) < 4.78 is 12.3. The molecule has 3 rings (SSSR count). The zero-order valence-electron chi connectivity index (χ0n) is 17.5. The largest absolute Gasteiger partial charge is 0.465 e. The standard InChI is InChI=1S/C21H29N3O4/c1-14-12-23(9-10-24(14)20(26)28-21(2,3)4)15-7-8-16-17(19(25)27-6)13-22(5)18(16)11-15/h7-8,11,13-14H,9-10,12H2,1-6H3/t14-/m0/s1. The molecule has 1 aliphatic heterocycles. The van der Waals surface area contributed by atoms with Crippen LogP contribution in [0.5, 0.6) is 0 Å². The summed E-state index contributed by atoms with van der Waals surface area (Å²) in [6, 6.07) is 6.10. The SMILES string of the molecule is COC(=O)c1cn(C)c2cc(N3CCN(C(=O)OC(C)(C)C)[C@@H](C)C3)ccc12. The summed E-state index contributed by atoms with van der Waals surface area (Å²) in [7, 11) is 3.31. The number of carbonyl (C=O) groups is 2. The van der Waals surface area contributed by atoms with Crippen LogP contribution in [0.2, 0.25) is 0 Å². The Labute approximate surface area is 165 Å². The van der Waals surface area contributed by atoms with E-state index in [4.69, 9.17) is 9.47 Å². The summed E-state index contributed by atoms with van der Waals surface area (Å²) in [6.07, 6.45) is 1.53. The number of piperazine rings is 1. The molecule has 2 heterocycles. The molecule has 0 saturated carbocycles. The van der Waals surface area contributed by atoms with Gasteiger partial charge in [0.05, 0.1) is 18.2 Å². The minimum atomic E-state index is -0.497. The summed E-state index contributed by atoms with van der Waals surface area (Å²) in [5.74, 6) is -0.335. The molecule has 1 aromatic carbocycles. The normalized spacial score (nSPS) is 17.7. The molecule has 1 amide bonds. The second-order valence-corrected chi connectivity index (χ2v) is 8.32. The minimum Gasteiger partial charge on any atom is -0.465 e. The van der Waals surface area contributed by atoms with E-state index in [1.54, 1.807) is 11.1 Å². The van der Waals surface area contributed by atoms with Crippen LogP contribution in [-0.2, 0) is 16.5 Å². The van der Waals surface area contributed by atoms with Gasteiger partial charge in [0.1, 0.15) is 5.60 Å². The van der Waals surface area contributed by atoms with Crippen molar-refractivity contribution in [1.82, 2.24) is 9.47 Å². The first-order chi connectivity index (χ1) is 13.1. The monoisotopic (exact) mass is 387 g/mol. The average Bonchev–Trinajstić information content (AvgIpc) is 2.95. The predicted molar refractivity (Wildman–Crippen MR) is 109 cm³/mol. The smallest absolute Gasteiger partial charge is 0.410 e. The van der Waals surface area contributed by atoms with Gasteiger partial charge in [-0.05, 0) is 45.9 Å². The predicted octanol–water partition coefficient (Wildman–Crippen LogP) is 3.41.